The van der Waals surface area contributed by atoms with Gasteiger partial charge in [0.05, 0.1) is 5.69 Å². The molecule has 19 heavy (non-hydrogen) atoms. The molecule has 0 radical (unpaired) electrons. The van der Waals surface area contributed by atoms with E-state index in [1.165, 1.54) is 27.8 Å². The van der Waals surface area contributed by atoms with Crippen molar-refractivity contribution in [2.24, 2.45) is 0 Å². The minimum absolute atomic E-state index is 0.324. The summed E-state index contributed by atoms with van der Waals surface area (Å²) in [6.07, 6.45) is 1.42. The zero-order valence-corrected chi connectivity index (χ0v) is 11.7. The topological polar surface area (TPSA) is 37.4 Å². The van der Waals surface area contributed by atoms with Gasteiger partial charge in [-0.1, -0.05) is 6.07 Å². The maximum Gasteiger partial charge on any atom is 0.273 e. The highest BCUT2D eigenvalue weighted by Gasteiger charge is 2.29. The third-order valence-corrected chi connectivity index (χ3v) is 6.34. The molecule has 1 aromatic heterocycles. The van der Waals surface area contributed by atoms with Crippen LogP contribution < -0.4 is 4.31 Å². The standard InChI is InChI=1S/C13H12FNO2S2/c14-11-5-6-12-10(9-11)3-1-7-15(12)19(16,17)13-4-2-8-18-13/h2,4-6,8-9H,1,3,7H2. The minimum atomic E-state index is -3.52. The molecule has 3 nitrogen and oxygen atoms in total. The number of hydrogen-bond acceptors (Lipinski definition) is 3. The SMILES string of the molecule is O=S(=O)(c1cccs1)N1CCCc2cc(F)ccc21. The Morgan fingerprint density at radius 1 is 1.26 bits per heavy atom. The number of halogens is 1. The van der Waals surface area contributed by atoms with Gasteiger partial charge in [0, 0.05) is 6.54 Å². The fraction of sp³-hybridized carbons (Fsp3) is 0.231. The highest BCUT2D eigenvalue weighted by atomic mass is 32.2. The monoisotopic (exact) mass is 297 g/mol. The van der Waals surface area contributed by atoms with Crippen molar-refractivity contribution >= 4 is 27.0 Å². The molecule has 0 N–H and O–H groups in total. The van der Waals surface area contributed by atoms with Crippen molar-refractivity contribution in [3.8, 4) is 0 Å². The van der Waals surface area contributed by atoms with Crippen LogP contribution in [0.25, 0.3) is 0 Å². The normalized spacial score (nSPS) is 15.3. The number of nitrogens with zero attached hydrogens (tertiary/aromatic N) is 1. The Balaban J connectivity index is 2.10. The Kier molecular flexibility index (Phi) is 3.06. The summed E-state index contributed by atoms with van der Waals surface area (Å²) < 4.78 is 40.0. The van der Waals surface area contributed by atoms with E-state index in [0.717, 1.165) is 5.56 Å². The first kappa shape index (κ1) is 12.6. The summed E-state index contributed by atoms with van der Waals surface area (Å²) in [5.41, 5.74) is 1.35. The summed E-state index contributed by atoms with van der Waals surface area (Å²) in [6.45, 7) is 0.443. The van der Waals surface area contributed by atoms with Crippen molar-refractivity contribution in [2.45, 2.75) is 17.1 Å². The molecule has 2 aromatic rings. The van der Waals surface area contributed by atoms with Gasteiger partial charge in [-0.2, -0.15) is 0 Å². The zero-order valence-electron chi connectivity index (χ0n) is 10.0. The quantitative estimate of drug-likeness (QED) is 0.854. The predicted molar refractivity (Wildman–Crippen MR) is 73.6 cm³/mol. The molecule has 0 aliphatic carbocycles. The highest BCUT2D eigenvalue weighted by Crippen LogP contribution is 2.33. The van der Waals surface area contributed by atoms with Crippen LogP contribution in [-0.2, 0) is 16.4 Å². The van der Waals surface area contributed by atoms with Gasteiger partial charge in [0.1, 0.15) is 10.0 Å². The van der Waals surface area contributed by atoms with E-state index in [2.05, 4.69) is 0 Å². The second kappa shape index (κ2) is 4.61. The molecule has 0 spiro atoms. The first-order valence-corrected chi connectivity index (χ1v) is 8.26. The Labute approximate surface area is 115 Å². The molecule has 0 saturated carbocycles. The molecular formula is C13H12FNO2S2. The third kappa shape index (κ3) is 2.15. The smallest absolute Gasteiger partial charge is 0.265 e. The van der Waals surface area contributed by atoms with Crippen LogP contribution in [-0.4, -0.2) is 15.0 Å². The lowest BCUT2D eigenvalue weighted by Gasteiger charge is -2.29. The highest BCUT2D eigenvalue weighted by molar-refractivity contribution is 7.94. The number of aryl methyl sites for hydroxylation is 1. The molecule has 100 valence electrons. The maximum atomic E-state index is 13.2. The van der Waals surface area contributed by atoms with E-state index >= 15 is 0 Å². The van der Waals surface area contributed by atoms with Crippen molar-refractivity contribution in [3.63, 3.8) is 0 Å². The molecule has 6 heteroatoms. The van der Waals surface area contributed by atoms with Crippen molar-refractivity contribution in [3.05, 3.63) is 47.1 Å². The predicted octanol–water partition coefficient (Wildman–Crippen LogP) is 3.03. The van der Waals surface area contributed by atoms with Crippen molar-refractivity contribution in [1.29, 1.82) is 0 Å². The van der Waals surface area contributed by atoms with Crippen molar-refractivity contribution in [1.82, 2.24) is 0 Å². The van der Waals surface area contributed by atoms with Crippen LogP contribution in [0, 0.1) is 5.82 Å². The van der Waals surface area contributed by atoms with Gasteiger partial charge in [-0.15, -0.1) is 11.3 Å². The van der Waals surface area contributed by atoms with Gasteiger partial charge >= 0.3 is 0 Å². The van der Waals surface area contributed by atoms with Crippen LogP contribution in [0.15, 0.2) is 39.9 Å². The van der Waals surface area contributed by atoms with E-state index in [9.17, 15) is 12.8 Å². The largest absolute Gasteiger partial charge is 0.273 e. The number of sulfonamides is 1. The fourth-order valence-electron chi connectivity index (χ4n) is 2.30. The van der Waals surface area contributed by atoms with Crippen LogP contribution in [0.3, 0.4) is 0 Å². The fourth-order valence-corrected chi connectivity index (χ4v) is 4.95. The minimum Gasteiger partial charge on any atom is -0.265 e. The molecule has 3 rings (SSSR count). The van der Waals surface area contributed by atoms with E-state index in [0.29, 0.717) is 29.3 Å². The summed E-state index contributed by atoms with van der Waals surface area (Å²) in [5.74, 6) is -0.325. The average molecular weight is 297 g/mol. The summed E-state index contributed by atoms with van der Waals surface area (Å²) in [6, 6.07) is 7.59. The molecule has 0 bridgehead atoms. The van der Waals surface area contributed by atoms with E-state index in [4.69, 9.17) is 0 Å². The van der Waals surface area contributed by atoms with Gasteiger partial charge in [-0.3, -0.25) is 4.31 Å². The van der Waals surface area contributed by atoms with Crippen LogP contribution in [0.2, 0.25) is 0 Å². The van der Waals surface area contributed by atoms with Crippen LogP contribution in [0.4, 0.5) is 10.1 Å². The van der Waals surface area contributed by atoms with E-state index in [1.807, 2.05) is 0 Å². The molecule has 0 amide bonds. The van der Waals surface area contributed by atoms with Gasteiger partial charge < -0.3 is 0 Å². The van der Waals surface area contributed by atoms with Crippen LogP contribution >= 0.6 is 11.3 Å². The maximum absolute atomic E-state index is 13.2. The molecule has 0 saturated heterocycles. The zero-order chi connectivity index (χ0) is 13.5. The molecule has 0 atom stereocenters. The Bertz CT molecular complexity index is 695. The van der Waals surface area contributed by atoms with Gasteiger partial charge in [0.15, 0.2) is 0 Å². The molecule has 0 fully saturated rings. The number of benzene rings is 1. The van der Waals surface area contributed by atoms with Crippen LogP contribution in [0.1, 0.15) is 12.0 Å². The lowest BCUT2D eigenvalue weighted by Crippen LogP contribution is -2.35. The summed E-state index contributed by atoms with van der Waals surface area (Å²) >= 11 is 1.20. The lowest BCUT2D eigenvalue weighted by atomic mass is 10.0. The average Bonchev–Trinajstić information content (AvgIpc) is 2.92. The summed E-state index contributed by atoms with van der Waals surface area (Å²) in [7, 11) is -3.52. The van der Waals surface area contributed by atoms with Gasteiger partial charge in [0.2, 0.25) is 0 Å². The van der Waals surface area contributed by atoms with Gasteiger partial charge in [-0.05, 0) is 48.1 Å². The molecule has 1 aromatic carbocycles. The number of anilines is 1. The first-order chi connectivity index (χ1) is 9.09. The van der Waals surface area contributed by atoms with Crippen LogP contribution in [0.5, 0.6) is 0 Å². The number of rotatable bonds is 2. The summed E-state index contributed by atoms with van der Waals surface area (Å²) in [5, 5.41) is 1.74. The van der Waals surface area contributed by atoms with Crippen molar-refractivity contribution < 1.29 is 12.8 Å². The van der Waals surface area contributed by atoms with E-state index < -0.39 is 10.0 Å². The van der Waals surface area contributed by atoms with E-state index in [-0.39, 0.29) is 5.82 Å². The van der Waals surface area contributed by atoms with Gasteiger partial charge in [0.25, 0.3) is 10.0 Å². The molecule has 1 aliphatic heterocycles. The van der Waals surface area contributed by atoms with Gasteiger partial charge in [-0.25, -0.2) is 12.8 Å². The van der Waals surface area contributed by atoms with Crippen molar-refractivity contribution in [2.75, 3.05) is 10.8 Å². The summed E-state index contributed by atoms with van der Waals surface area (Å²) in [4.78, 5) is 0. The number of fused-ring (bicyclic) bond motifs is 1. The molecule has 0 unspecified atom stereocenters. The Morgan fingerprint density at radius 2 is 2.11 bits per heavy atom. The Hall–Kier alpha value is -1.40. The third-order valence-electron chi connectivity index (χ3n) is 3.16. The second-order valence-corrected chi connectivity index (χ2v) is 7.42. The molecule has 1 aliphatic rings. The molecular weight excluding hydrogens is 285 g/mol. The molecule has 2 heterocycles. The second-order valence-electron chi connectivity index (χ2n) is 4.39. The number of thiophene rings is 1. The number of hydrogen-bond donors (Lipinski definition) is 0. The first-order valence-electron chi connectivity index (χ1n) is 5.94. The lowest BCUT2D eigenvalue weighted by molar-refractivity contribution is 0.587. The van der Waals surface area contributed by atoms with E-state index in [1.54, 1.807) is 23.6 Å². The Morgan fingerprint density at radius 3 is 2.84 bits per heavy atom.